The summed E-state index contributed by atoms with van der Waals surface area (Å²) in [4.78, 5) is 32.6. The molecule has 0 fully saturated rings. The van der Waals surface area contributed by atoms with Crippen LogP contribution in [-0.2, 0) is 0 Å². The molecular weight excluding hydrogens is 252 g/mol. The number of nitro groups is 1. The lowest BCUT2D eigenvalue weighted by Gasteiger charge is -2.05. The van der Waals surface area contributed by atoms with E-state index in [-0.39, 0.29) is 11.1 Å². The lowest BCUT2D eigenvalue weighted by atomic mass is 10.1. The molecule has 2 N–H and O–H groups in total. The van der Waals surface area contributed by atoms with Gasteiger partial charge in [0.15, 0.2) is 0 Å². The first-order valence-electron chi connectivity index (χ1n) is 5.76. The van der Waals surface area contributed by atoms with E-state index in [1.54, 1.807) is 0 Å². The van der Waals surface area contributed by atoms with E-state index < -0.39 is 22.5 Å². The van der Waals surface area contributed by atoms with Crippen LogP contribution < -0.4 is 5.32 Å². The predicted molar refractivity (Wildman–Crippen MR) is 67.3 cm³/mol. The zero-order valence-electron chi connectivity index (χ0n) is 10.4. The van der Waals surface area contributed by atoms with Crippen molar-refractivity contribution in [2.75, 3.05) is 6.54 Å². The second-order valence-electron chi connectivity index (χ2n) is 3.94. The number of rotatable bonds is 6. The second kappa shape index (κ2) is 6.48. The van der Waals surface area contributed by atoms with E-state index in [4.69, 9.17) is 5.11 Å². The van der Waals surface area contributed by atoms with Gasteiger partial charge in [0.25, 0.3) is 11.6 Å². The second-order valence-corrected chi connectivity index (χ2v) is 3.94. The van der Waals surface area contributed by atoms with Crippen molar-refractivity contribution < 1.29 is 19.6 Å². The lowest BCUT2D eigenvalue weighted by Crippen LogP contribution is -2.24. The summed E-state index contributed by atoms with van der Waals surface area (Å²) < 4.78 is 0. The molecule has 1 amide bonds. The van der Waals surface area contributed by atoms with Crippen molar-refractivity contribution in [3.8, 4) is 0 Å². The molecule has 1 aromatic rings. The van der Waals surface area contributed by atoms with E-state index in [0.29, 0.717) is 6.54 Å². The van der Waals surface area contributed by atoms with Gasteiger partial charge in [-0.2, -0.15) is 0 Å². The molecule has 0 aromatic heterocycles. The average molecular weight is 266 g/mol. The van der Waals surface area contributed by atoms with Gasteiger partial charge >= 0.3 is 5.97 Å². The number of hydrogen-bond donors (Lipinski definition) is 2. The third-order valence-electron chi connectivity index (χ3n) is 2.45. The molecule has 0 radical (unpaired) electrons. The molecule has 1 rings (SSSR count). The molecule has 0 aliphatic rings. The molecule has 19 heavy (non-hydrogen) atoms. The van der Waals surface area contributed by atoms with Crippen LogP contribution in [0.3, 0.4) is 0 Å². The average Bonchev–Trinajstić information content (AvgIpc) is 2.38. The maximum absolute atomic E-state index is 11.7. The molecule has 0 aliphatic heterocycles. The van der Waals surface area contributed by atoms with Gasteiger partial charge in [-0.25, -0.2) is 4.79 Å². The number of nitrogens with one attached hydrogen (secondary N) is 1. The normalized spacial score (nSPS) is 9.95. The first kappa shape index (κ1) is 14.6. The Morgan fingerprint density at radius 2 is 1.95 bits per heavy atom. The van der Waals surface area contributed by atoms with E-state index >= 15 is 0 Å². The minimum Gasteiger partial charge on any atom is -0.478 e. The molecule has 102 valence electrons. The molecule has 0 bridgehead atoms. The maximum atomic E-state index is 11.7. The van der Waals surface area contributed by atoms with Gasteiger partial charge in [-0.1, -0.05) is 13.3 Å². The van der Waals surface area contributed by atoms with Gasteiger partial charge in [-0.15, -0.1) is 0 Å². The van der Waals surface area contributed by atoms with Crippen LogP contribution in [0.15, 0.2) is 18.2 Å². The number of carbonyl (C=O) groups is 2. The Hall–Kier alpha value is -2.44. The molecule has 0 saturated carbocycles. The number of benzene rings is 1. The van der Waals surface area contributed by atoms with Crippen LogP contribution in [0.2, 0.25) is 0 Å². The fourth-order valence-electron chi connectivity index (χ4n) is 1.45. The third kappa shape index (κ3) is 4.06. The van der Waals surface area contributed by atoms with Crippen LogP contribution >= 0.6 is 0 Å². The van der Waals surface area contributed by atoms with Crippen LogP contribution in [-0.4, -0.2) is 28.5 Å². The van der Waals surface area contributed by atoms with Crippen LogP contribution in [0, 0.1) is 10.1 Å². The summed E-state index contributed by atoms with van der Waals surface area (Å²) in [6.45, 7) is 2.41. The van der Waals surface area contributed by atoms with Crippen molar-refractivity contribution in [2.24, 2.45) is 0 Å². The summed E-state index contributed by atoms with van der Waals surface area (Å²) in [5.41, 5.74) is -0.724. The number of carboxylic acid groups (broad SMARTS) is 1. The zero-order chi connectivity index (χ0) is 14.4. The molecule has 0 aliphatic carbocycles. The van der Waals surface area contributed by atoms with E-state index in [1.165, 1.54) is 0 Å². The van der Waals surface area contributed by atoms with Crippen LogP contribution in [0.5, 0.6) is 0 Å². The van der Waals surface area contributed by atoms with Gasteiger partial charge in [0.2, 0.25) is 0 Å². The first-order valence-corrected chi connectivity index (χ1v) is 5.76. The monoisotopic (exact) mass is 266 g/mol. The minimum atomic E-state index is -1.31. The fraction of sp³-hybridized carbons (Fsp3) is 0.333. The Bertz CT molecular complexity index is 481. The largest absolute Gasteiger partial charge is 0.478 e. The Morgan fingerprint density at radius 1 is 1.32 bits per heavy atom. The van der Waals surface area contributed by atoms with Crippen LogP contribution in [0.4, 0.5) is 5.69 Å². The van der Waals surface area contributed by atoms with Gasteiger partial charge in [-0.3, -0.25) is 14.9 Å². The highest BCUT2D eigenvalue weighted by Gasteiger charge is 2.17. The van der Waals surface area contributed by atoms with E-state index in [1.807, 2.05) is 6.92 Å². The molecule has 1 aromatic carbocycles. The number of aromatic carboxylic acids is 1. The van der Waals surface area contributed by atoms with Crippen LogP contribution in [0.1, 0.15) is 40.5 Å². The highest BCUT2D eigenvalue weighted by Crippen LogP contribution is 2.17. The smallest absolute Gasteiger partial charge is 0.335 e. The van der Waals surface area contributed by atoms with E-state index in [9.17, 15) is 19.7 Å². The van der Waals surface area contributed by atoms with Crippen molar-refractivity contribution >= 4 is 17.6 Å². The van der Waals surface area contributed by atoms with Gasteiger partial charge in [-0.05, 0) is 12.5 Å². The molecule has 0 saturated heterocycles. The molecule has 0 unspecified atom stereocenters. The predicted octanol–water partition coefficient (Wildman–Crippen LogP) is 1.82. The number of amides is 1. The van der Waals surface area contributed by atoms with Gasteiger partial charge < -0.3 is 10.4 Å². The fourth-order valence-corrected chi connectivity index (χ4v) is 1.45. The Kier molecular flexibility index (Phi) is 4.99. The number of non-ortho nitro benzene ring substituents is 1. The van der Waals surface area contributed by atoms with E-state index in [2.05, 4.69) is 5.32 Å². The van der Waals surface area contributed by atoms with Crippen molar-refractivity contribution in [3.05, 3.63) is 39.4 Å². The Labute approximate surface area is 109 Å². The Morgan fingerprint density at radius 3 is 2.47 bits per heavy atom. The number of unbranched alkanes of at least 4 members (excludes halogenated alkanes) is 1. The number of nitrogens with zero attached hydrogens (tertiary/aromatic N) is 1. The van der Waals surface area contributed by atoms with Crippen molar-refractivity contribution in [2.45, 2.75) is 19.8 Å². The van der Waals surface area contributed by atoms with Crippen molar-refractivity contribution in [3.63, 3.8) is 0 Å². The topological polar surface area (TPSA) is 110 Å². The van der Waals surface area contributed by atoms with Crippen molar-refractivity contribution in [1.82, 2.24) is 5.32 Å². The quantitative estimate of drug-likeness (QED) is 0.463. The number of carboxylic acids is 1. The molecule has 7 nitrogen and oxygen atoms in total. The van der Waals surface area contributed by atoms with Crippen molar-refractivity contribution in [1.29, 1.82) is 0 Å². The molecule has 0 spiro atoms. The highest BCUT2D eigenvalue weighted by molar-refractivity contribution is 5.98. The minimum absolute atomic E-state index is 0.0253. The highest BCUT2D eigenvalue weighted by atomic mass is 16.6. The summed E-state index contributed by atoms with van der Waals surface area (Å²) >= 11 is 0. The number of carbonyl (C=O) groups excluding carboxylic acids is 1. The summed E-state index contributed by atoms with van der Waals surface area (Å²) in [6.07, 6.45) is 1.68. The zero-order valence-corrected chi connectivity index (χ0v) is 10.4. The van der Waals surface area contributed by atoms with Crippen LogP contribution in [0.25, 0.3) is 0 Å². The first-order chi connectivity index (χ1) is 8.95. The molecule has 0 atom stereocenters. The summed E-state index contributed by atoms with van der Waals surface area (Å²) in [5.74, 6) is -1.83. The van der Waals surface area contributed by atoms with E-state index in [0.717, 1.165) is 31.0 Å². The maximum Gasteiger partial charge on any atom is 0.335 e. The summed E-state index contributed by atoms with van der Waals surface area (Å²) in [7, 11) is 0. The summed E-state index contributed by atoms with van der Waals surface area (Å²) in [6, 6.07) is 3.11. The lowest BCUT2D eigenvalue weighted by molar-refractivity contribution is -0.384. The number of nitro benzene ring substituents is 1. The third-order valence-corrected chi connectivity index (χ3v) is 2.45. The molecule has 7 heteroatoms. The number of hydrogen-bond acceptors (Lipinski definition) is 4. The molecule has 0 heterocycles. The van der Waals surface area contributed by atoms with Gasteiger partial charge in [0.1, 0.15) is 0 Å². The standard InChI is InChI=1S/C12H14N2O5/c1-2-3-4-13-11(15)8-5-9(12(16)17)7-10(6-8)14(18)19/h5-7H,2-4H2,1H3,(H,13,15)(H,16,17). The van der Waals surface area contributed by atoms with Gasteiger partial charge in [0, 0.05) is 24.2 Å². The molecular formula is C12H14N2O5. The SMILES string of the molecule is CCCCNC(=O)c1cc(C(=O)O)cc([N+](=O)[O-])c1. The Balaban J connectivity index is 3.02. The van der Waals surface area contributed by atoms with Gasteiger partial charge in [0.05, 0.1) is 10.5 Å². The summed E-state index contributed by atoms with van der Waals surface area (Å²) in [5, 5.41) is 22.1.